The maximum absolute atomic E-state index is 9.74. The van der Waals surface area contributed by atoms with Crippen LogP contribution in [-0.2, 0) is 0 Å². The molecule has 0 spiro atoms. The average molecular weight is 310 g/mol. The molecule has 2 N–H and O–H groups in total. The Hall–Kier alpha value is -2.76. The van der Waals surface area contributed by atoms with Crippen molar-refractivity contribution in [3.8, 4) is 22.8 Å². The number of hydrogen-bond donors (Lipinski definition) is 2. The molecule has 0 unspecified atom stereocenters. The molecule has 0 aliphatic heterocycles. The van der Waals surface area contributed by atoms with Gasteiger partial charge in [0.2, 0.25) is 0 Å². The number of aromatic hydroxyl groups is 1. The van der Waals surface area contributed by atoms with E-state index < -0.39 is 0 Å². The lowest BCUT2D eigenvalue weighted by atomic mass is 10.1. The number of hydrogen-bond acceptors (Lipinski definition) is 5. The quantitative estimate of drug-likeness (QED) is 0.758. The van der Waals surface area contributed by atoms with Crippen molar-refractivity contribution >= 4 is 11.5 Å². The fraction of sp³-hybridized carbons (Fsp3) is 0.294. The summed E-state index contributed by atoms with van der Waals surface area (Å²) >= 11 is 0. The first kappa shape index (κ1) is 13.9. The highest BCUT2D eigenvalue weighted by Gasteiger charge is 2.21. The molecule has 0 radical (unpaired) electrons. The summed E-state index contributed by atoms with van der Waals surface area (Å²) in [7, 11) is 1.53. The summed E-state index contributed by atoms with van der Waals surface area (Å²) in [6.07, 6.45) is 4.39. The van der Waals surface area contributed by atoms with Gasteiger partial charge < -0.3 is 15.2 Å². The zero-order chi connectivity index (χ0) is 15.8. The van der Waals surface area contributed by atoms with Crippen LogP contribution in [0.1, 0.15) is 12.8 Å². The third-order valence-corrected chi connectivity index (χ3v) is 4.11. The lowest BCUT2D eigenvalue weighted by molar-refractivity contribution is 0.373. The molecule has 1 aliphatic rings. The lowest BCUT2D eigenvalue weighted by Gasteiger charge is -2.08. The van der Waals surface area contributed by atoms with Gasteiger partial charge >= 0.3 is 0 Å². The van der Waals surface area contributed by atoms with E-state index in [-0.39, 0.29) is 5.75 Å². The van der Waals surface area contributed by atoms with Gasteiger partial charge in [0.1, 0.15) is 5.82 Å². The second-order valence-corrected chi connectivity index (χ2v) is 5.84. The Morgan fingerprint density at radius 1 is 1.30 bits per heavy atom. The van der Waals surface area contributed by atoms with Crippen LogP contribution < -0.4 is 10.1 Å². The standard InChI is InChI=1S/C17H18N4O2/c1-23-15-8-12(4-5-14(15)22)13-10-19-17-7-6-16(20-21(13)17)18-9-11-2-3-11/h4-8,10-11,22H,2-3,9H2,1H3,(H,18,20). The molecular weight excluding hydrogens is 292 g/mol. The molecule has 23 heavy (non-hydrogen) atoms. The summed E-state index contributed by atoms with van der Waals surface area (Å²) in [5, 5.41) is 17.7. The van der Waals surface area contributed by atoms with Crippen molar-refractivity contribution in [3.63, 3.8) is 0 Å². The molecule has 1 aliphatic carbocycles. The van der Waals surface area contributed by atoms with Crippen molar-refractivity contribution in [1.82, 2.24) is 14.6 Å². The average Bonchev–Trinajstić information content (AvgIpc) is 3.31. The van der Waals surface area contributed by atoms with Gasteiger partial charge in [-0.25, -0.2) is 9.50 Å². The minimum absolute atomic E-state index is 0.116. The molecule has 1 saturated carbocycles. The summed E-state index contributed by atoms with van der Waals surface area (Å²) in [6.45, 7) is 0.968. The van der Waals surface area contributed by atoms with Crippen LogP contribution in [0.4, 0.5) is 5.82 Å². The predicted molar refractivity (Wildman–Crippen MR) is 87.9 cm³/mol. The van der Waals surface area contributed by atoms with Gasteiger partial charge in [-0.15, -0.1) is 5.10 Å². The van der Waals surface area contributed by atoms with E-state index in [0.29, 0.717) is 5.75 Å². The highest BCUT2D eigenvalue weighted by molar-refractivity contribution is 5.66. The number of rotatable bonds is 5. The minimum atomic E-state index is 0.116. The molecule has 3 aromatic rings. The van der Waals surface area contributed by atoms with E-state index in [1.807, 2.05) is 18.2 Å². The first-order chi connectivity index (χ1) is 11.2. The van der Waals surface area contributed by atoms with Crippen molar-refractivity contribution in [2.45, 2.75) is 12.8 Å². The Balaban J connectivity index is 1.72. The Bertz CT molecular complexity index is 855. The Kier molecular flexibility index (Phi) is 3.29. The van der Waals surface area contributed by atoms with E-state index in [2.05, 4.69) is 15.4 Å². The van der Waals surface area contributed by atoms with Crippen LogP contribution in [0, 0.1) is 5.92 Å². The summed E-state index contributed by atoms with van der Waals surface area (Å²) in [6, 6.07) is 9.12. The predicted octanol–water partition coefficient (Wildman–Crippen LogP) is 2.93. The smallest absolute Gasteiger partial charge is 0.161 e. The highest BCUT2D eigenvalue weighted by Crippen LogP contribution is 2.32. The number of benzene rings is 1. The second kappa shape index (κ2) is 5.46. The summed E-state index contributed by atoms with van der Waals surface area (Å²) in [5.74, 6) is 2.18. The monoisotopic (exact) mass is 310 g/mol. The Morgan fingerprint density at radius 3 is 2.96 bits per heavy atom. The van der Waals surface area contributed by atoms with Crippen LogP contribution in [0.2, 0.25) is 0 Å². The molecule has 0 atom stereocenters. The van der Waals surface area contributed by atoms with Crippen molar-refractivity contribution in [3.05, 3.63) is 36.5 Å². The molecule has 0 amide bonds. The number of methoxy groups -OCH3 is 1. The first-order valence-corrected chi connectivity index (χ1v) is 7.70. The maximum atomic E-state index is 9.74. The number of ether oxygens (including phenoxy) is 1. The molecule has 4 rings (SSSR count). The van der Waals surface area contributed by atoms with Crippen LogP contribution in [0.15, 0.2) is 36.5 Å². The number of phenols is 1. The number of fused-ring (bicyclic) bond motifs is 1. The molecule has 118 valence electrons. The molecule has 1 fully saturated rings. The number of imidazole rings is 1. The largest absolute Gasteiger partial charge is 0.504 e. The van der Waals surface area contributed by atoms with Crippen LogP contribution in [-0.4, -0.2) is 33.4 Å². The van der Waals surface area contributed by atoms with Gasteiger partial charge in [-0.05, 0) is 49.1 Å². The van der Waals surface area contributed by atoms with Crippen LogP contribution >= 0.6 is 0 Å². The third-order valence-electron chi connectivity index (χ3n) is 4.11. The van der Waals surface area contributed by atoms with Gasteiger partial charge in [0.05, 0.1) is 19.0 Å². The maximum Gasteiger partial charge on any atom is 0.161 e. The molecule has 2 aromatic heterocycles. The molecule has 2 heterocycles. The van der Waals surface area contributed by atoms with E-state index in [1.54, 1.807) is 22.8 Å². The zero-order valence-electron chi connectivity index (χ0n) is 12.9. The highest BCUT2D eigenvalue weighted by atomic mass is 16.5. The van der Waals surface area contributed by atoms with E-state index in [9.17, 15) is 5.11 Å². The van der Waals surface area contributed by atoms with Gasteiger partial charge in [0.25, 0.3) is 0 Å². The van der Waals surface area contributed by atoms with Gasteiger partial charge in [0.15, 0.2) is 17.1 Å². The number of phenolic OH excluding ortho intramolecular Hbond substituents is 1. The third kappa shape index (κ3) is 2.67. The van der Waals surface area contributed by atoms with Gasteiger partial charge in [-0.3, -0.25) is 0 Å². The fourth-order valence-electron chi connectivity index (χ4n) is 2.57. The van der Waals surface area contributed by atoms with Gasteiger partial charge in [0, 0.05) is 12.1 Å². The molecule has 0 bridgehead atoms. The SMILES string of the molecule is COc1cc(-c2cnc3ccc(NCC4CC4)nn23)ccc1O. The fourth-order valence-corrected chi connectivity index (χ4v) is 2.57. The van der Waals surface area contributed by atoms with Gasteiger partial charge in [-0.1, -0.05) is 0 Å². The number of aromatic nitrogens is 3. The van der Waals surface area contributed by atoms with E-state index in [0.717, 1.165) is 35.2 Å². The number of nitrogens with one attached hydrogen (secondary N) is 1. The molecule has 6 heteroatoms. The second-order valence-electron chi connectivity index (χ2n) is 5.84. The van der Waals surface area contributed by atoms with E-state index in [4.69, 9.17) is 4.74 Å². The number of nitrogens with zero attached hydrogens (tertiary/aromatic N) is 3. The van der Waals surface area contributed by atoms with Crippen molar-refractivity contribution in [2.24, 2.45) is 5.92 Å². The minimum Gasteiger partial charge on any atom is -0.504 e. The Labute approximate surface area is 133 Å². The molecule has 0 saturated heterocycles. The van der Waals surface area contributed by atoms with Crippen molar-refractivity contribution < 1.29 is 9.84 Å². The normalized spacial score (nSPS) is 14.1. The molecule has 6 nitrogen and oxygen atoms in total. The summed E-state index contributed by atoms with van der Waals surface area (Å²) in [4.78, 5) is 4.39. The van der Waals surface area contributed by atoms with Crippen LogP contribution in [0.5, 0.6) is 11.5 Å². The molecule has 1 aromatic carbocycles. The van der Waals surface area contributed by atoms with Crippen molar-refractivity contribution in [1.29, 1.82) is 0 Å². The zero-order valence-corrected chi connectivity index (χ0v) is 12.9. The molecular formula is C17H18N4O2. The number of anilines is 1. The van der Waals surface area contributed by atoms with Crippen LogP contribution in [0.25, 0.3) is 16.9 Å². The topological polar surface area (TPSA) is 71.7 Å². The lowest BCUT2D eigenvalue weighted by Crippen LogP contribution is -2.07. The van der Waals surface area contributed by atoms with Gasteiger partial charge in [-0.2, -0.15) is 0 Å². The first-order valence-electron chi connectivity index (χ1n) is 7.70. The summed E-state index contributed by atoms with van der Waals surface area (Å²) < 4.78 is 6.99. The van der Waals surface area contributed by atoms with Crippen LogP contribution in [0.3, 0.4) is 0 Å². The van der Waals surface area contributed by atoms with E-state index in [1.165, 1.54) is 20.0 Å². The van der Waals surface area contributed by atoms with Crippen molar-refractivity contribution in [2.75, 3.05) is 19.0 Å². The van der Waals surface area contributed by atoms with E-state index >= 15 is 0 Å². The summed E-state index contributed by atoms with van der Waals surface area (Å²) in [5.41, 5.74) is 2.52. The Morgan fingerprint density at radius 2 is 2.17 bits per heavy atom.